The van der Waals surface area contributed by atoms with Gasteiger partial charge in [0, 0.05) is 51.1 Å². The van der Waals surface area contributed by atoms with Gasteiger partial charge in [-0.25, -0.2) is 0 Å². The quantitative estimate of drug-likeness (QED) is 0.347. The highest BCUT2D eigenvalue weighted by Crippen LogP contribution is 2.30. The first-order valence-electron chi connectivity index (χ1n) is 11.7. The lowest BCUT2D eigenvalue weighted by atomic mass is 9.88. The van der Waals surface area contributed by atoms with E-state index < -0.39 is 18.2 Å². The summed E-state index contributed by atoms with van der Waals surface area (Å²) in [6, 6.07) is 6.84. The fourth-order valence-electron chi connectivity index (χ4n) is 4.22. The van der Waals surface area contributed by atoms with Crippen molar-refractivity contribution >= 4 is 34.4 Å². The maximum absolute atomic E-state index is 13.0. The average molecular weight is 587 g/mol. The summed E-state index contributed by atoms with van der Waals surface area (Å²) in [6.07, 6.45) is 0.321. The molecule has 1 saturated heterocycles. The summed E-state index contributed by atoms with van der Waals surface area (Å²) in [7, 11) is 0. The molecule has 10 heteroatoms. The molecule has 0 radical (unpaired) electrons. The normalized spacial score (nSPS) is 23.2. The Morgan fingerprint density at radius 1 is 1.29 bits per heavy atom. The lowest BCUT2D eigenvalue weighted by molar-refractivity contribution is -0.138. The molecule has 3 N–H and O–H groups in total. The average Bonchev–Trinajstić information content (AvgIpc) is 2.86. The maximum Gasteiger partial charge on any atom is 0.247 e. The summed E-state index contributed by atoms with van der Waals surface area (Å²) in [5, 5.41) is 23.1. The van der Waals surface area contributed by atoms with Gasteiger partial charge in [-0.1, -0.05) is 19.1 Å². The van der Waals surface area contributed by atoms with Gasteiger partial charge in [0.2, 0.25) is 11.8 Å². The van der Waals surface area contributed by atoms with Crippen molar-refractivity contribution in [2.24, 2.45) is 0 Å². The molecule has 1 heterocycles. The van der Waals surface area contributed by atoms with Crippen LogP contribution in [0.3, 0.4) is 0 Å². The Labute approximate surface area is 214 Å². The number of morpholine rings is 1. The van der Waals surface area contributed by atoms with Gasteiger partial charge in [0.05, 0.1) is 29.4 Å². The molecule has 3 rings (SSSR count). The number of nitrogens with zero attached hydrogens (tertiary/aromatic N) is 2. The van der Waals surface area contributed by atoms with Crippen LogP contribution in [0.25, 0.3) is 0 Å². The van der Waals surface area contributed by atoms with Crippen LogP contribution < -0.4 is 10.1 Å². The van der Waals surface area contributed by atoms with Crippen molar-refractivity contribution in [2.75, 3.05) is 52.5 Å². The molecule has 2 amide bonds. The van der Waals surface area contributed by atoms with E-state index in [1.165, 1.54) is 0 Å². The minimum absolute atomic E-state index is 0.0811. The van der Waals surface area contributed by atoms with Crippen LogP contribution in [0, 0.1) is 3.57 Å². The Morgan fingerprint density at radius 2 is 2.03 bits per heavy atom. The first-order valence-corrected chi connectivity index (χ1v) is 12.8. The second-order valence-electron chi connectivity index (χ2n) is 8.34. The van der Waals surface area contributed by atoms with Crippen molar-refractivity contribution in [3.63, 3.8) is 0 Å². The minimum atomic E-state index is -1.01. The van der Waals surface area contributed by atoms with Gasteiger partial charge < -0.3 is 29.9 Å². The Hall–Kier alpha value is -1.73. The van der Waals surface area contributed by atoms with E-state index in [0.717, 1.165) is 16.7 Å². The number of carbonyl (C=O) groups excluding carboxylic acids is 2. The molecule has 0 bridgehead atoms. The summed E-state index contributed by atoms with van der Waals surface area (Å²) in [4.78, 5) is 29.7. The number of carbonyl (C=O) groups is 2. The highest BCUT2D eigenvalue weighted by Gasteiger charge is 2.40. The van der Waals surface area contributed by atoms with Gasteiger partial charge in [-0.3, -0.25) is 14.5 Å². The molecule has 1 aliphatic carbocycles. The van der Waals surface area contributed by atoms with E-state index in [0.29, 0.717) is 44.0 Å². The van der Waals surface area contributed by atoms with Crippen molar-refractivity contribution in [2.45, 2.75) is 38.0 Å². The molecule has 1 aliphatic heterocycles. The molecule has 34 heavy (non-hydrogen) atoms. The van der Waals surface area contributed by atoms with E-state index in [-0.39, 0.29) is 31.4 Å². The number of ether oxygens (including phenoxy) is 2. The fraction of sp³-hybridized carbons (Fsp3) is 0.583. The number of hydrogen-bond acceptors (Lipinski definition) is 7. The van der Waals surface area contributed by atoms with E-state index in [2.05, 4.69) is 32.8 Å². The van der Waals surface area contributed by atoms with Crippen LogP contribution in [0.15, 0.2) is 35.9 Å². The molecule has 0 unspecified atom stereocenters. The van der Waals surface area contributed by atoms with Crippen molar-refractivity contribution in [1.82, 2.24) is 15.1 Å². The predicted molar refractivity (Wildman–Crippen MR) is 135 cm³/mol. The van der Waals surface area contributed by atoms with Crippen LogP contribution in [0.5, 0.6) is 5.75 Å². The molecule has 0 saturated carbocycles. The smallest absolute Gasteiger partial charge is 0.247 e. The van der Waals surface area contributed by atoms with E-state index in [9.17, 15) is 14.7 Å². The number of benzene rings is 1. The summed E-state index contributed by atoms with van der Waals surface area (Å²) < 4.78 is 12.4. The van der Waals surface area contributed by atoms with Gasteiger partial charge >= 0.3 is 0 Å². The third kappa shape index (κ3) is 7.14. The number of aliphatic hydroxyl groups excluding tert-OH is 2. The van der Waals surface area contributed by atoms with Crippen LogP contribution >= 0.6 is 22.6 Å². The number of amides is 2. The second kappa shape index (κ2) is 13.4. The third-order valence-corrected chi connectivity index (χ3v) is 6.99. The fourth-order valence-corrected chi connectivity index (χ4v) is 4.73. The molecule has 1 aromatic carbocycles. The highest BCUT2D eigenvalue weighted by atomic mass is 127. The summed E-state index contributed by atoms with van der Waals surface area (Å²) in [6.45, 7) is 5.78. The number of nitrogens with one attached hydrogen (secondary N) is 1. The van der Waals surface area contributed by atoms with E-state index in [4.69, 9.17) is 14.6 Å². The van der Waals surface area contributed by atoms with Crippen LogP contribution in [-0.2, 0) is 14.3 Å². The van der Waals surface area contributed by atoms with Crippen LogP contribution in [0.1, 0.15) is 19.8 Å². The molecule has 9 nitrogen and oxygen atoms in total. The molecular weight excluding hydrogens is 553 g/mol. The lowest BCUT2D eigenvalue weighted by Crippen LogP contribution is -2.56. The first-order chi connectivity index (χ1) is 16.4. The number of hydrogen-bond donors (Lipinski definition) is 3. The number of halogens is 1. The van der Waals surface area contributed by atoms with Gasteiger partial charge in [0.15, 0.2) is 0 Å². The van der Waals surface area contributed by atoms with Crippen molar-refractivity contribution < 1.29 is 29.3 Å². The van der Waals surface area contributed by atoms with E-state index in [1.54, 1.807) is 17.9 Å². The molecular formula is C24H34IN3O6. The Kier molecular flexibility index (Phi) is 10.6. The SMILES string of the molecule is CCC(=O)N(CCN1CCOCC1)[C@@H]1CC(C(=O)NCCO)=C[C@H](Oc2ccccc2I)[C@H]1O. The predicted octanol–water partition coefficient (Wildman–Crippen LogP) is 0.778. The maximum atomic E-state index is 13.0. The first kappa shape index (κ1) is 26.9. The minimum Gasteiger partial charge on any atom is -0.482 e. The molecule has 3 atom stereocenters. The molecule has 1 aromatic rings. The van der Waals surface area contributed by atoms with E-state index >= 15 is 0 Å². The van der Waals surface area contributed by atoms with Gasteiger partial charge in [0.1, 0.15) is 18.0 Å². The number of rotatable bonds is 10. The molecule has 188 valence electrons. The van der Waals surface area contributed by atoms with Gasteiger partial charge in [-0.05, 0) is 40.8 Å². The molecule has 0 aromatic heterocycles. The zero-order valence-corrected chi connectivity index (χ0v) is 21.6. The Balaban J connectivity index is 1.84. The zero-order valence-electron chi connectivity index (χ0n) is 19.5. The molecule has 1 fully saturated rings. The largest absolute Gasteiger partial charge is 0.482 e. The van der Waals surface area contributed by atoms with E-state index in [1.807, 2.05) is 24.3 Å². The highest BCUT2D eigenvalue weighted by molar-refractivity contribution is 14.1. The van der Waals surface area contributed by atoms with Crippen LogP contribution in [0.2, 0.25) is 0 Å². The summed E-state index contributed by atoms with van der Waals surface area (Å²) in [5.41, 5.74) is 0.431. The van der Waals surface area contributed by atoms with Gasteiger partial charge in [-0.2, -0.15) is 0 Å². The third-order valence-electron chi connectivity index (χ3n) is 6.10. The van der Waals surface area contributed by atoms with Crippen LogP contribution in [0.4, 0.5) is 0 Å². The Bertz CT molecular complexity index is 861. The number of aliphatic hydroxyl groups is 2. The lowest BCUT2D eigenvalue weighted by Gasteiger charge is -2.41. The monoisotopic (exact) mass is 587 g/mol. The van der Waals surface area contributed by atoms with Crippen molar-refractivity contribution in [3.8, 4) is 5.75 Å². The van der Waals surface area contributed by atoms with Crippen LogP contribution in [-0.4, -0.2) is 103 Å². The summed E-state index contributed by atoms with van der Waals surface area (Å²) >= 11 is 2.16. The zero-order chi connectivity index (χ0) is 24.5. The topological polar surface area (TPSA) is 112 Å². The molecule has 0 spiro atoms. The summed E-state index contributed by atoms with van der Waals surface area (Å²) in [5.74, 6) is 0.183. The van der Waals surface area contributed by atoms with Crippen molar-refractivity contribution in [3.05, 3.63) is 39.5 Å². The van der Waals surface area contributed by atoms with Gasteiger partial charge in [0.25, 0.3) is 0 Å². The van der Waals surface area contributed by atoms with Crippen molar-refractivity contribution in [1.29, 1.82) is 0 Å². The second-order valence-corrected chi connectivity index (χ2v) is 9.50. The Morgan fingerprint density at radius 3 is 2.71 bits per heavy atom. The standard InChI is InChI=1S/C24H34IN3O6/c1-2-22(30)28(9-8-27-10-13-33-14-11-27)19-15-17(24(32)26-7-12-29)16-21(23(19)31)34-20-6-4-3-5-18(20)25/h3-6,16,19,21,23,29,31H,2,7-15H2,1H3,(H,26,32)/t19-,21+,23+/m1/s1. The number of para-hydroxylation sites is 1. The molecule has 2 aliphatic rings. The van der Waals surface area contributed by atoms with Gasteiger partial charge in [-0.15, -0.1) is 0 Å².